The zero-order valence-corrected chi connectivity index (χ0v) is 15.1. The third kappa shape index (κ3) is 5.22. The molecule has 2 aromatic rings. The maximum atomic E-state index is 12.3. The molecular formula is C19H20ClNO4. The molecule has 0 unspecified atom stereocenters. The Morgan fingerprint density at radius 1 is 1.20 bits per heavy atom. The Balaban J connectivity index is 2.03. The number of carbonyl (C=O) groups excluding carboxylic acids is 2. The second-order valence-corrected chi connectivity index (χ2v) is 5.89. The number of amides is 1. The zero-order valence-electron chi connectivity index (χ0n) is 14.3. The molecule has 0 saturated heterocycles. The average Bonchev–Trinajstić information content (AvgIpc) is 2.56. The van der Waals surface area contributed by atoms with Gasteiger partial charge in [0, 0.05) is 10.7 Å². The van der Waals surface area contributed by atoms with E-state index < -0.39 is 6.10 Å². The molecule has 1 N–H and O–H groups in total. The quantitative estimate of drug-likeness (QED) is 0.782. The molecule has 0 bridgehead atoms. The number of nitrogens with one attached hydrogen (secondary N) is 1. The summed E-state index contributed by atoms with van der Waals surface area (Å²) >= 11 is 5.90. The van der Waals surface area contributed by atoms with Crippen molar-refractivity contribution in [1.29, 1.82) is 0 Å². The minimum atomic E-state index is -0.706. The number of anilines is 1. The van der Waals surface area contributed by atoms with Crippen LogP contribution in [0.1, 0.15) is 29.8 Å². The number of esters is 1. The normalized spacial score (nSPS) is 11.5. The van der Waals surface area contributed by atoms with Gasteiger partial charge in [0.05, 0.1) is 12.2 Å². The summed E-state index contributed by atoms with van der Waals surface area (Å²) in [4.78, 5) is 24.0. The van der Waals surface area contributed by atoms with E-state index in [2.05, 4.69) is 5.32 Å². The molecule has 0 aliphatic heterocycles. The van der Waals surface area contributed by atoms with Crippen LogP contribution < -0.4 is 10.1 Å². The van der Waals surface area contributed by atoms with Crippen LogP contribution in [0.25, 0.3) is 0 Å². The van der Waals surface area contributed by atoms with Gasteiger partial charge in [-0.2, -0.15) is 0 Å². The number of ether oxygens (including phenoxy) is 2. The van der Waals surface area contributed by atoms with Crippen molar-refractivity contribution in [3.05, 3.63) is 58.6 Å². The first-order valence-corrected chi connectivity index (χ1v) is 8.29. The third-order valence-electron chi connectivity index (χ3n) is 3.47. The predicted octanol–water partition coefficient (Wildman–Crippen LogP) is 4.23. The summed E-state index contributed by atoms with van der Waals surface area (Å²) in [5, 5.41) is 3.33. The Morgan fingerprint density at radius 3 is 2.60 bits per heavy atom. The lowest BCUT2D eigenvalue weighted by molar-refractivity contribution is -0.122. The molecule has 1 amide bonds. The predicted molar refractivity (Wildman–Crippen MR) is 97.3 cm³/mol. The first-order valence-electron chi connectivity index (χ1n) is 7.91. The lowest BCUT2D eigenvalue weighted by Crippen LogP contribution is -2.30. The van der Waals surface area contributed by atoms with E-state index >= 15 is 0 Å². The molecule has 5 nitrogen and oxygen atoms in total. The van der Waals surface area contributed by atoms with E-state index in [-0.39, 0.29) is 11.9 Å². The first kappa shape index (κ1) is 18.8. The van der Waals surface area contributed by atoms with Gasteiger partial charge in [-0.3, -0.25) is 4.79 Å². The molecule has 0 aromatic heterocycles. The van der Waals surface area contributed by atoms with Crippen molar-refractivity contribution < 1.29 is 19.1 Å². The summed E-state index contributed by atoms with van der Waals surface area (Å²) in [7, 11) is 0. The van der Waals surface area contributed by atoms with Crippen molar-refractivity contribution >= 4 is 29.2 Å². The maximum absolute atomic E-state index is 12.3. The molecular weight excluding hydrogens is 342 g/mol. The van der Waals surface area contributed by atoms with Gasteiger partial charge in [-0.05, 0) is 62.7 Å². The fourth-order valence-electron chi connectivity index (χ4n) is 2.18. The van der Waals surface area contributed by atoms with Crippen LogP contribution in [0.5, 0.6) is 5.75 Å². The van der Waals surface area contributed by atoms with Crippen molar-refractivity contribution in [1.82, 2.24) is 0 Å². The van der Waals surface area contributed by atoms with E-state index in [0.717, 1.165) is 5.56 Å². The highest BCUT2D eigenvalue weighted by molar-refractivity contribution is 6.30. The monoisotopic (exact) mass is 361 g/mol. The summed E-state index contributed by atoms with van der Waals surface area (Å²) in [5.41, 5.74) is 1.81. The Labute approximate surface area is 151 Å². The molecule has 132 valence electrons. The number of carbonyl (C=O) groups is 2. The van der Waals surface area contributed by atoms with Crippen LogP contribution in [0.4, 0.5) is 5.69 Å². The molecule has 2 rings (SSSR count). The molecule has 0 radical (unpaired) electrons. The summed E-state index contributed by atoms with van der Waals surface area (Å²) in [6.07, 6.45) is -0.706. The average molecular weight is 362 g/mol. The zero-order chi connectivity index (χ0) is 18.4. The molecule has 0 heterocycles. The number of halogens is 1. The Kier molecular flexibility index (Phi) is 6.42. The first-order chi connectivity index (χ1) is 11.9. The van der Waals surface area contributed by atoms with Crippen LogP contribution in [-0.4, -0.2) is 24.6 Å². The molecule has 0 fully saturated rings. The minimum absolute atomic E-state index is 0.299. The number of rotatable bonds is 6. The Morgan fingerprint density at radius 2 is 1.96 bits per heavy atom. The van der Waals surface area contributed by atoms with Gasteiger partial charge < -0.3 is 14.8 Å². The summed E-state index contributed by atoms with van der Waals surface area (Å²) in [6, 6.07) is 11.8. The SMILES string of the molecule is CCOC(=O)c1ccc(NC(=O)[C@H](C)Oc2cccc(Cl)c2)c(C)c1. The van der Waals surface area contributed by atoms with E-state index in [4.69, 9.17) is 21.1 Å². The maximum Gasteiger partial charge on any atom is 0.338 e. The molecule has 0 spiro atoms. The second-order valence-electron chi connectivity index (χ2n) is 5.46. The fourth-order valence-corrected chi connectivity index (χ4v) is 2.36. The molecule has 0 saturated carbocycles. The molecule has 0 aliphatic rings. The number of hydrogen-bond acceptors (Lipinski definition) is 4. The number of hydrogen-bond donors (Lipinski definition) is 1. The van der Waals surface area contributed by atoms with Gasteiger partial charge in [-0.15, -0.1) is 0 Å². The van der Waals surface area contributed by atoms with Gasteiger partial charge in [0.25, 0.3) is 5.91 Å². The number of benzene rings is 2. The lowest BCUT2D eigenvalue weighted by Gasteiger charge is -2.16. The van der Waals surface area contributed by atoms with Gasteiger partial charge in [-0.25, -0.2) is 4.79 Å². The molecule has 0 aliphatic carbocycles. The topological polar surface area (TPSA) is 64.6 Å². The van der Waals surface area contributed by atoms with E-state index in [0.29, 0.717) is 28.6 Å². The van der Waals surface area contributed by atoms with Gasteiger partial charge >= 0.3 is 5.97 Å². The van der Waals surface area contributed by atoms with Crippen molar-refractivity contribution in [2.24, 2.45) is 0 Å². The Bertz CT molecular complexity index is 776. The summed E-state index contributed by atoms with van der Waals surface area (Å²) in [6.45, 7) is 5.52. The highest BCUT2D eigenvalue weighted by atomic mass is 35.5. The molecule has 6 heteroatoms. The van der Waals surface area contributed by atoms with Crippen LogP contribution in [-0.2, 0) is 9.53 Å². The van der Waals surface area contributed by atoms with Crippen molar-refractivity contribution in [3.8, 4) is 5.75 Å². The van der Waals surface area contributed by atoms with Gasteiger partial charge in [0.15, 0.2) is 6.10 Å². The standard InChI is InChI=1S/C19H20ClNO4/c1-4-24-19(23)14-8-9-17(12(2)10-14)21-18(22)13(3)25-16-7-5-6-15(20)11-16/h5-11,13H,4H2,1-3H3,(H,21,22)/t13-/m0/s1. The van der Waals surface area contributed by atoms with Crippen LogP contribution in [0.3, 0.4) is 0 Å². The van der Waals surface area contributed by atoms with Crippen LogP contribution in [0, 0.1) is 6.92 Å². The van der Waals surface area contributed by atoms with Crippen LogP contribution in [0.15, 0.2) is 42.5 Å². The van der Waals surface area contributed by atoms with E-state index in [9.17, 15) is 9.59 Å². The summed E-state index contributed by atoms with van der Waals surface area (Å²) < 4.78 is 10.6. The fraction of sp³-hybridized carbons (Fsp3) is 0.263. The van der Waals surface area contributed by atoms with Crippen LogP contribution in [0.2, 0.25) is 5.02 Å². The van der Waals surface area contributed by atoms with Crippen molar-refractivity contribution in [3.63, 3.8) is 0 Å². The van der Waals surface area contributed by atoms with Gasteiger partial charge in [0.1, 0.15) is 5.75 Å². The van der Waals surface area contributed by atoms with E-state index in [1.807, 2.05) is 0 Å². The van der Waals surface area contributed by atoms with Crippen molar-refractivity contribution in [2.45, 2.75) is 26.9 Å². The molecule has 1 atom stereocenters. The van der Waals surface area contributed by atoms with Crippen molar-refractivity contribution in [2.75, 3.05) is 11.9 Å². The van der Waals surface area contributed by atoms with Gasteiger partial charge in [0.2, 0.25) is 0 Å². The largest absolute Gasteiger partial charge is 0.481 e. The summed E-state index contributed by atoms with van der Waals surface area (Å²) in [5.74, 6) is -0.169. The Hall–Kier alpha value is -2.53. The second kappa shape index (κ2) is 8.53. The number of aryl methyl sites for hydroxylation is 1. The minimum Gasteiger partial charge on any atom is -0.481 e. The smallest absolute Gasteiger partial charge is 0.338 e. The highest BCUT2D eigenvalue weighted by Crippen LogP contribution is 2.20. The third-order valence-corrected chi connectivity index (χ3v) is 3.71. The van der Waals surface area contributed by atoms with E-state index in [1.165, 1.54) is 0 Å². The van der Waals surface area contributed by atoms with Gasteiger partial charge in [-0.1, -0.05) is 17.7 Å². The lowest BCUT2D eigenvalue weighted by atomic mass is 10.1. The van der Waals surface area contributed by atoms with Crippen LogP contribution >= 0.6 is 11.6 Å². The molecule has 2 aromatic carbocycles. The van der Waals surface area contributed by atoms with E-state index in [1.54, 1.807) is 63.2 Å². The highest BCUT2D eigenvalue weighted by Gasteiger charge is 2.17. The molecule has 25 heavy (non-hydrogen) atoms.